The Kier molecular flexibility index (Phi) is 6.34. The average molecular weight is 436 g/mol. The second-order valence-corrected chi connectivity index (χ2v) is 7.47. The molecule has 166 valence electrons. The maximum absolute atomic E-state index is 12.8. The Morgan fingerprint density at radius 1 is 1.09 bits per heavy atom. The van der Waals surface area contributed by atoms with E-state index in [4.69, 9.17) is 9.26 Å². The number of nitrogens with one attached hydrogen (secondary N) is 1. The molecule has 0 radical (unpaired) electrons. The SMILES string of the molecule is COC(=O)c1ccc(NC(=O)[C@@H]2CCCN(c3nc(-c4ccc(OC)cc4)no3)C2)cc1. The summed E-state index contributed by atoms with van der Waals surface area (Å²) >= 11 is 0. The molecule has 1 N–H and O–H groups in total. The fraction of sp³-hybridized carbons (Fsp3) is 0.304. The van der Waals surface area contributed by atoms with Crippen LogP contribution in [0.3, 0.4) is 0 Å². The standard InChI is InChI=1S/C23H24N4O5/c1-30-19-11-7-15(8-12-19)20-25-23(32-26-20)27-13-3-4-17(14-27)21(28)24-18-9-5-16(6-10-18)22(29)31-2/h5-12,17H,3-4,13-14H2,1-2H3,(H,24,28)/t17-/m1/s1. The lowest BCUT2D eigenvalue weighted by Gasteiger charge is -2.30. The van der Waals surface area contributed by atoms with Crippen molar-refractivity contribution in [3.8, 4) is 17.1 Å². The van der Waals surface area contributed by atoms with Crippen LogP contribution >= 0.6 is 0 Å². The van der Waals surface area contributed by atoms with Crippen molar-refractivity contribution in [1.82, 2.24) is 10.1 Å². The molecule has 0 bridgehead atoms. The number of esters is 1. The van der Waals surface area contributed by atoms with Gasteiger partial charge in [0.15, 0.2) is 0 Å². The van der Waals surface area contributed by atoms with Gasteiger partial charge in [0.2, 0.25) is 11.7 Å². The van der Waals surface area contributed by atoms with Crippen molar-refractivity contribution < 1.29 is 23.6 Å². The van der Waals surface area contributed by atoms with E-state index >= 15 is 0 Å². The second-order valence-electron chi connectivity index (χ2n) is 7.47. The topological polar surface area (TPSA) is 107 Å². The molecule has 0 unspecified atom stereocenters. The van der Waals surface area contributed by atoms with Gasteiger partial charge in [-0.25, -0.2) is 4.79 Å². The Hall–Kier alpha value is -3.88. The summed E-state index contributed by atoms with van der Waals surface area (Å²) in [7, 11) is 2.94. The number of amides is 1. The van der Waals surface area contributed by atoms with E-state index in [9.17, 15) is 9.59 Å². The first-order valence-corrected chi connectivity index (χ1v) is 10.3. The molecule has 32 heavy (non-hydrogen) atoms. The highest BCUT2D eigenvalue weighted by molar-refractivity contribution is 5.94. The van der Waals surface area contributed by atoms with Gasteiger partial charge < -0.3 is 24.2 Å². The Morgan fingerprint density at radius 2 is 1.84 bits per heavy atom. The molecule has 2 aromatic carbocycles. The molecule has 0 saturated carbocycles. The number of hydrogen-bond acceptors (Lipinski definition) is 8. The first-order valence-electron chi connectivity index (χ1n) is 10.3. The van der Waals surface area contributed by atoms with Gasteiger partial charge in [0.25, 0.3) is 0 Å². The summed E-state index contributed by atoms with van der Waals surface area (Å²) in [6.07, 6.45) is 1.60. The van der Waals surface area contributed by atoms with Gasteiger partial charge in [0.1, 0.15) is 5.75 Å². The van der Waals surface area contributed by atoms with E-state index in [2.05, 4.69) is 20.2 Å². The van der Waals surface area contributed by atoms with E-state index in [1.165, 1.54) is 7.11 Å². The quantitative estimate of drug-likeness (QED) is 0.586. The van der Waals surface area contributed by atoms with Crippen LogP contribution in [-0.4, -0.2) is 49.3 Å². The molecule has 9 nitrogen and oxygen atoms in total. The highest BCUT2D eigenvalue weighted by Crippen LogP contribution is 2.26. The number of ether oxygens (including phenoxy) is 2. The second kappa shape index (κ2) is 9.51. The minimum Gasteiger partial charge on any atom is -0.497 e. The van der Waals surface area contributed by atoms with E-state index in [0.29, 0.717) is 29.6 Å². The van der Waals surface area contributed by atoms with E-state index in [1.54, 1.807) is 31.4 Å². The molecule has 1 fully saturated rings. The van der Waals surface area contributed by atoms with Crippen molar-refractivity contribution in [3.05, 3.63) is 54.1 Å². The Morgan fingerprint density at radius 3 is 2.53 bits per heavy atom. The van der Waals surface area contributed by atoms with E-state index in [0.717, 1.165) is 30.7 Å². The normalized spacial score (nSPS) is 15.8. The first kappa shape index (κ1) is 21.4. The fourth-order valence-electron chi connectivity index (χ4n) is 3.62. The summed E-state index contributed by atoms with van der Waals surface area (Å²) in [4.78, 5) is 30.8. The summed E-state index contributed by atoms with van der Waals surface area (Å²) in [5.74, 6) is 0.511. The minimum absolute atomic E-state index is 0.0876. The number of aromatic nitrogens is 2. The van der Waals surface area contributed by atoms with E-state index < -0.39 is 5.97 Å². The Bertz CT molecular complexity index is 1080. The van der Waals surface area contributed by atoms with Crippen LogP contribution in [0.2, 0.25) is 0 Å². The van der Waals surface area contributed by atoms with Crippen molar-refractivity contribution in [2.45, 2.75) is 12.8 Å². The molecule has 0 spiro atoms. The molecule has 9 heteroatoms. The van der Waals surface area contributed by atoms with Crippen LogP contribution in [0.4, 0.5) is 11.7 Å². The monoisotopic (exact) mass is 436 g/mol. The lowest BCUT2D eigenvalue weighted by atomic mass is 9.97. The van der Waals surface area contributed by atoms with Crippen molar-refractivity contribution in [2.75, 3.05) is 37.5 Å². The van der Waals surface area contributed by atoms with Crippen molar-refractivity contribution in [1.29, 1.82) is 0 Å². The molecule has 0 aliphatic carbocycles. The summed E-state index contributed by atoms with van der Waals surface area (Å²) in [6, 6.07) is 14.4. The van der Waals surface area contributed by atoms with Crippen LogP contribution in [0.15, 0.2) is 53.1 Å². The summed E-state index contributed by atoms with van der Waals surface area (Å²) in [5, 5.41) is 6.99. The molecule has 1 aromatic heterocycles. The molecule has 1 aliphatic rings. The van der Waals surface area contributed by atoms with Crippen LogP contribution in [0, 0.1) is 5.92 Å². The molecule has 3 aromatic rings. The maximum Gasteiger partial charge on any atom is 0.337 e. The van der Waals surface area contributed by atoms with Crippen molar-refractivity contribution >= 4 is 23.6 Å². The molecule has 4 rings (SSSR count). The van der Waals surface area contributed by atoms with Gasteiger partial charge in [0, 0.05) is 24.3 Å². The number of methoxy groups -OCH3 is 2. The van der Waals surface area contributed by atoms with Crippen molar-refractivity contribution in [3.63, 3.8) is 0 Å². The number of piperidine rings is 1. The van der Waals surface area contributed by atoms with Gasteiger partial charge in [-0.1, -0.05) is 5.16 Å². The third-order valence-corrected chi connectivity index (χ3v) is 5.40. The lowest BCUT2D eigenvalue weighted by Crippen LogP contribution is -2.41. The summed E-state index contributed by atoms with van der Waals surface area (Å²) in [5.41, 5.74) is 1.88. The van der Waals surface area contributed by atoms with Gasteiger partial charge in [-0.05, 0) is 61.4 Å². The van der Waals surface area contributed by atoms with E-state index in [1.807, 2.05) is 29.2 Å². The van der Waals surface area contributed by atoms with Crippen molar-refractivity contribution in [2.24, 2.45) is 5.92 Å². The molecule has 1 saturated heterocycles. The highest BCUT2D eigenvalue weighted by Gasteiger charge is 2.29. The average Bonchev–Trinajstić information content (AvgIpc) is 3.34. The third kappa shape index (κ3) is 4.72. The van der Waals surface area contributed by atoms with Crippen LogP contribution in [-0.2, 0) is 9.53 Å². The first-order chi connectivity index (χ1) is 15.6. The number of hydrogen-bond donors (Lipinski definition) is 1. The predicted octanol–water partition coefficient (Wildman–Crippen LogP) is 3.39. The zero-order valence-corrected chi connectivity index (χ0v) is 17.9. The Balaban J connectivity index is 1.39. The number of nitrogens with zero attached hydrogens (tertiary/aromatic N) is 3. The molecule has 1 atom stereocenters. The molecule has 2 heterocycles. The van der Waals surface area contributed by atoms with E-state index in [-0.39, 0.29) is 11.8 Å². The van der Waals surface area contributed by atoms with Crippen LogP contribution in [0.5, 0.6) is 5.75 Å². The lowest BCUT2D eigenvalue weighted by molar-refractivity contribution is -0.120. The number of benzene rings is 2. The largest absolute Gasteiger partial charge is 0.497 e. The van der Waals surface area contributed by atoms with Gasteiger partial charge in [-0.2, -0.15) is 4.98 Å². The molecule has 1 aliphatic heterocycles. The van der Waals surface area contributed by atoms with Gasteiger partial charge in [-0.3, -0.25) is 4.79 Å². The summed E-state index contributed by atoms with van der Waals surface area (Å²) in [6.45, 7) is 1.22. The number of carbonyl (C=O) groups excluding carboxylic acids is 2. The summed E-state index contributed by atoms with van der Waals surface area (Å²) < 4.78 is 15.3. The predicted molar refractivity (Wildman–Crippen MR) is 118 cm³/mol. The number of rotatable bonds is 6. The zero-order valence-electron chi connectivity index (χ0n) is 17.9. The highest BCUT2D eigenvalue weighted by atomic mass is 16.5. The number of anilines is 2. The van der Waals surface area contributed by atoms with Crippen LogP contribution < -0.4 is 15.0 Å². The molecule has 1 amide bonds. The maximum atomic E-state index is 12.8. The Labute approximate surface area is 185 Å². The third-order valence-electron chi connectivity index (χ3n) is 5.40. The van der Waals surface area contributed by atoms with Crippen LogP contribution in [0.1, 0.15) is 23.2 Å². The molecular weight excluding hydrogens is 412 g/mol. The van der Waals surface area contributed by atoms with Gasteiger partial charge in [0.05, 0.1) is 25.7 Å². The van der Waals surface area contributed by atoms with Gasteiger partial charge in [-0.15, -0.1) is 0 Å². The zero-order chi connectivity index (χ0) is 22.5. The van der Waals surface area contributed by atoms with Gasteiger partial charge >= 0.3 is 12.0 Å². The minimum atomic E-state index is -0.417. The fourth-order valence-corrected chi connectivity index (χ4v) is 3.62. The van der Waals surface area contributed by atoms with Crippen LogP contribution in [0.25, 0.3) is 11.4 Å². The smallest absolute Gasteiger partial charge is 0.337 e. The number of carbonyl (C=O) groups is 2. The molecular formula is C23H24N4O5.